The molecule has 2 heteroatoms. The number of nitriles is 1. The van der Waals surface area contributed by atoms with E-state index in [2.05, 4.69) is 70.3 Å². The lowest BCUT2D eigenvalue weighted by Gasteiger charge is -2.26. The molecular weight excluding hydrogens is 262 g/mol. The summed E-state index contributed by atoms with van der Waals surface area (Å²) in [6.07, 6.45) is 5.62. The molecule has 0 N–H and O–H groups in total. The molecule has 0 atom stereocenters. The summed E-state index contributed by atoms with van der Waals surface area (Å²) in [7, 11) is 0. The van der Waals surface area contributed by atoms with E-state index in [9.17, 15) is 0 Å². The van der Waals surface area contributed by atoms with Gasteiger partial charge in [0, 0.05) is 16.7 Å². The number of benzene rings is 1. The van der Waals surface area contributed by atoms with Gasteiger partial charge in [-0.2, -0.15) is 0 Å². The third-order valence-electron chi connectivity index (χ3n) is 3.99. The SMILES string of the molecule is C#N.CC1CCC(Sc2ccc(C(C)(C)C)cc2)CC1. The minimum Gasteiger partial charge on any atom is -0.202 e. The summed E-state index contributed by atoms with van der Waals surface area (Å²) in [5.74, 6) is 0.949. The first-order chi connectivity index (χ1) is 9.45. The Bertz CT molecular complexity index is 405. The van der Waals surface area contributed by atoms with Crippen LogP contribution in [0.15, 0.2) is 29.2 Å². The van der Waals surface area contributed by atoms with E-state index in [-0.39, 0.29) is 5.41 Å². The van der Waals surface area contributed by atoms with Crippen molar-refractivity contribution in [1.29, 1.82) is 5.26 Å². The van der Waals surface area contributed by atoms with Crippen LogP contribution in [0.4, 0.5) is 0 Å². The van der Waals surface area contributed by atoms with Gasteiger partial charge in [-0.15, -0.1) is 11.8 Å². The Labute approximate surface area is 128 Å². The van der Waals surface area contributed by atoms with E-state index < -0.39 is 0 Å². The molecule has 0 bridgehead atoms. The van der Waals surface area contributed by atoms with Gasteiger partial charge in [0.25, 0.3) is 0 Å². The predicted octanol–water partition coefficient (Wildman–Crippen LogP) is 5.79. The molecule has 1 fully saturated rings. The van der Waals surface area contributed by atoms with Gasteiger partial charge in [0.2, 0.25) is 0 Å². The molecule has 0 unspecified atom stereocenters. The molecule has 2 rings (SSSR count). The normalized spacial score (nSPS) is 22.7. The fraction of sp³-hybridized carbons (Fsp3) is 0.611. The van der Waals surface area contributed by atoms with E-state index in [1.54, 1.807) is 0 Å². The zero-order valence-corrected chi connectivity index (χ0v) is 14.0. The molecule has 20 heavy (non-hydrogen) atoms. The Balaban J connectivity index is 0.000000956. The van der Waals surface area contributed by atoms with Gasteiger partial charge in [-0.25, -0.2) is 5.26 Å². The molecule has 1 saturated carbocycles. The van der Waals surface area contributed by atoms with Crippen molar-refractivity contribution in [3.05, 3.63) is 29.8 Å². The van der Waals surface area contributed by atoms with Gasteiger partial charge in [0.15, 0.2) is 0 Å². The molecule has 0 spiro atoms. The lowest BCUT2D eigenvalue weighted by Crippen LogP contribution is -2.14. The average molecular weight is 289 g/mol. The summed E-state index contributed by atoms with van der Waals surface area (Å²) in [6, 6.07) is 9.22. The highest BCUT2D eigenvalue weighted by molar-refractivity contribution is 8.00. The molecular formula is C18H27NS. The van der Waals surface area contributed by atoms with Crippen LogP contribution in [0.2, 0.25) is 0 Å². The van der Waals surface area contributed by atoms with Crippen LogP contribution in [0.3, 0.4) is 0 Å². The Morgan fingerprint density at radius 3 is 1.95 bits per heavy atom. The summed E-state index contributed by atoms with van der Waals surface area (Å²) < 4.78 is 0. The second-order valence-electron chi connectivity index (χ2n) is 6.77. The largest absolute Gasteiger partial charge is 0.202 e. The number of hydrogen-bond acceptors (Lipinski definition) is 2. The van der Waals surface area contributed by atoms with Crippen molar-refractivity contribution in [2.75, 3.05) is 0 Å². The van der Waals surface area contributed by atoms with E-state index in [0.717, 1.165) is 11.2 Å². The fourth-order valence-electron chi connectivity index (χ4n) is 2.57. The number of nitrogens with zero attached hydrogens (tertiary/aromatic N) is 1. The van der Waals surface area contributed by atoms with Gasteiger partial charge in [0.05, 0.1) is 0 Å². The molecule has 1 aliphatic carbocycles. The molecule has 0 saturated heterocycles. The quantitative estimate of drug-likeness (QED) is 0.687. The van der Waals surface area contributed by atoms with Crippen molar-refractivity contribution in [2.45, 2.75) is 68.9 Å². The maximum absolute atomic E-state index is 6.50. The lowest BCUT2D eigenvalue weighted by atomic mass is 9.87. The zero-order valence-electron chi connectivity index (χ0n) is 13.2. The third-order valence-corrected chi connectivity index (χ3v) is 5.34. The predicted molar refractivity (Wildman–Crippen MR) is 89.1 cm³/mol. The van der Waals surface area contributed by atoms with Crippen LogP contribution in [-0.2, 0) is 5.41 Å². The summed E-state index contributed by atoms with van der Waals surface area (Å²) in [4.78, 5) is 1.45. The van der Waals surface area contributed by atoms with Crippen molar-refractivity contribution in [3.8, 4) is 6.57 Å². The molecule has 110 valence electrons. The highest BCUT2D eigenvalue weighted by atomic mass is 32.2. The fourth-order valence-corrected chi connectivity index (χ4v) is 3.76. The number of rotatable bonds is 2. The lowest BCUT2D eigenvalue weighted by molar-refractivity contribution is 0.393. The van der Waals surface area contributed by atoms with E-state index in [1.807, 2.05) is 0 Å². The zero-order chi connectivity index (χ0) is 15.2. The standard InChI is InChI=1S/C17H26S.CHN/c1-13-5-9-15(10-6-13)18-16-11-7-14(8-12-16)17(2,3)4;1-2/h7-8,11-13,15H,5-6,9-10H2,1-4H3;1H. The maximum atomic E-state index is 6.50. The van der Waals surface area contributed by atoms with E-state index >= 15 is 0 Å². The second-order valence-corrected chi connectivity index (χ2v) is 8.15. The van der Waals surface area contributed by atoms with Crippen LogP contribution >= 0.6 is 11.8 Å². The summed E-state index contributed by atoms with van der Waals surface area (Å²) in [5.41, 5.74) is 1.70. The van der Waals surface area contributed by atoms with Crippen LogP contribution in [0.1, 0.15) is 58.9 Å². The Hall–Kier alpha value is -0.940. The highest BCUT2D eigenvalue weighted by Crippen LogP contribution is 2.36. The van der Waals surface area contributed by atoms with Gasteiger partial charge in [0.1, 0.15) is 0 Å². The van der Waals surface area contributed by atoms with Gasteiger partial charge < -0.3 is 0 Å². The van der Waals surface area contributed by atoms with Gasteiger partial charge >= 0.3 is 0 Å². The first-order valence-electron chi connectivity index (χ1n) is 7.48. The first-order valence-corrected chi connectivity index (χ1v) is 8.36. The van der Waals surface area contributed by atoms with Crippen molar-refractivity contribution in [2.24, 2.45) is 5.92 Å². The molecule has 0 aliphatic heterocycles. The number of hydrogen-bond donors (Lipinski definition) is 0. The van der Waals surface area contributed by atoms with Crippen molar-refractivity contribution < 1.29 is 0 Å². The molecule has 1 aromatic carbocycles. The van der Waals surface area contributed by atoms with E-state index in [0.29, 0.717) is 0 Å². The smallest absolute Gasteiger partial charge is 0.0462 e. The molecule has 1 nitrogen and oxygen atoms in total. The maximum Gasteiger partial charge on any atom is 0.0462 e. The van der Waals surface area contributed by atoms with Crippen LogP contribution in [0.25, 0.3) is 0 Å². The van der Waals surface area contributed by atoms with Crippen molar-refractivity contribution in [3.63, 3.8) is 0 Å². The minimum absolute atomic E-state index is 0.267. The molecule has 0 radical (unpaired) electrons. The molecule has 1 aliphatic rings. The van der Waals surface area contributed by atoms with Crippen LogP contribution in [-0.4, -0.2) is 5.25 Å². The van der Waals surface area contributed by atoms with Crippen LogP contribution < -0.4 is 0 Å². The van der Waals surface area contributed by atoms with Crippen molar-refractivity contribution in [1.82, 2.24) is 0 Å². The topological polar surface area (TPSA) is 23.8 Å². The van der Waals surface area contributed by atoms with Crippen LogP contribution in [0.5, 0.6) is 0 Å². The van der Waals surface area contributed by atoms with E-state index in [1.165, 1.54) is 36.1 Å². The Kier molecular flexibility index (Phi) is 6.62. The molecule has 1 aromatic rings. The monoisotopic (exact) mass is 289 g/mol. The average Bonchev–Trinajstić information content (AvgIpc) is 2.43. The third kappa shape index (κ3) is 5.21. The summed E-state index contributed by atoms with van der Waals surface area (Å²) in [6.45, 7) is 12.7. The Morgan fingerprint density at radius 2 is 1.50 bits per heavy atom. The van der Waals surface area contributed by atoms with Gasteiger partial charge in [-0.3, -0.25) is 0 Å². The molecule has 0 amide bonds. The molecule has 0 heterocycles. The Morgan fingerprint density at radius 1 is 1.00 bits per heavy atom. The number of thioether (sulfide) groups is 1. The minimum atomic E-state index is 0.267. The second kappa shape index (κ2) is 7.74. The first kappa shape index (κ1) is 17.1. The molecule has 0 aromatic heterocycles. The van der Waals surface area contributed by atoms with Crippen molar-refractivity contribution >= 4 is 11.8 Å². The highest BCUT2D eigenvalue weighted by Gasteiger charge is 2.19. The summed E-state index contributed by atoms with van der Waals surface area (Å²) >= 11 is 2.09. The van der Waals surface area contributed by atoms with Gasteiger partial charge in [-0.1, -0.05) is 39.8 Å². The van der Waals surface area contributed by atoms with Gasteiger partial charge in [-0.05, 0) is 54.7 Å². The van der Waals surface area contributed by atoms with E-state index in [4.69, 9.17) is 5.26 Å². The van der Waals surface area contributed by atoms with Crippen LogP contribution in [0, 0.1) is 17.8 Å². The summed E-state index contributed by atoms with van der Waals surface area (Å²) in [5, 5.41) is 7.35.